The number of carbonyl (C=O) groups excluding carboxylic acids is 1. The fourth-order valence-corrected chi connectivity index (χ4v) is 5.30. The van der Waals surface area contributed by atoms with E-state index in [-0.39, 0.29) is 5.41 Å². The highest BCUT2D eigenvalue weighted by atomic mass is 16.2. The average Bonchev–Trinajstić information content (AvgIpc) is 3.17. The van der Waals surface area contributed by atoms with Gasteiger partial charge in [-0.3, -0.25) is 9.89 Å². The number of hydrogen-bond donors (Lipinski definition) is 2. The fourth-order valence-electron chi connectivity index (χ4n) is 5.30. The van der Waals surface area contributed by atoms with Crippen LogP contribution in [-0.4, -0.2) is 65.7 Å². The number of aromatic amines is 1. The third-order valence-electron chi connectivity index (χ3n) is 6.87. The Bertz CT molecular complexity index is 666. The third kappa shape index (κ3) is 2.02. The highest BCUT2D eigenvalue weighted by molar-refractivity contribution is 5.85. The van der Waals surface area contributed by atoms with E-state index in [1.165, 1.54) is 36.2 Å². The van der Waals surface area contributed by atoms with E-state index in [1.807, 2.05) is 0 Å². The van der Waals surface area contributed by atoms with E-state index in [9.17, 15) is 4.79 Å². The molecule has 3 aliphatic heterocycles. The molecule has 2 saturated heterocycles. The Morgan fingerprint density at radius 3 is 3.04 bits per heavy atom. The summed E-state index contributed by atoms with van der Waals surface area (Å²) in [6.45, 7) is 5.34. The number of fused-ring (bicyclic) bond motifs is 2. The van der Waals surface area contributed by atoms with Gasteiger partial charge >= 0.3 is 0 Å². The first-order valence-corrected chi connectivity index (χ1v) is 9.42. The summed E-state index contributed by atoms with van der Waals surface area (Å²) in [4.78, 5) is 17.9. The van der Waals surface area contributed by atoms with Crippen molar-refractivity contribution < 1.29 is 4.79 Å². The Morgan fingerprint density at radius 2 is 2.25 bits per heavy atom. The lowest BCUT2D eigenvalue weighted by Gasteiger charge is -2.36. The number of rotatable bonds is 2. The minimum absolute atomic E-state index is 0.202. The number of H-pyrrole nitrogens is 1. The van der Waals surface area contributed by atoms with Crippen molar-refractivity contribution in [3.63, 3.8) is 0 Å². The van der Waals surface area contributed by atoms with E-state index < -0.39 is 0 Å². The van der Waals surface area contributed by atoms with Gasteiger partial charge in [0.25, 0.3) is 0 Å². The summed E-state index contributed by atoms with van der Waals surface area (Å²) in [6.07, 6.45) is 4.75. The molecule has 1 aromatic rings. The van der Waals surface area contributed by atoms with Crippen molar-refractivity contribution in [1.29, 1.82) is 0 Å². The van der Waals surface area contributed by atoms with Crippen LogP contribution in [0.4, 0.5) is 0 Å². The molecule has 2 atom stereocenters. The predicted molar refractivity (Wildman–Crippen MR) is 90.6 cm³/mol. The summed E-state index contributed by atoms with van der Waals surface area (Å²) in [5.41, 5.74) is 3.63. The molecule has 6 nitrogen and oxygen atoms in total. The van der Waals surface area contributed by atoms with Gasteiger partial charge in [-0.25, -0.2) is 0 Å². The van der Waals surface area contributed by atoms with Crippen LogP contribution in [0.25, 0.3) is 0 Å². The third-order valence-corrected chi connectivity index (χ3v) is 6.87. The van der Waals surface area contributed by atoms with E-state index >= 15 is 0 Å². The standard InChI is InChI=1S/C18H27N5O/c1-22-8-13-7-19-10-18(13,11-22)17(24)23-6-5-15-14(9-23)16(21-20-15)12-3-2-4-12/h12-13,19H,2-11H2,1H3,(H,20,21)/t13-,18-/m1/s1. The molecule has 4 heterocycles. The number of likely N-dealkylation sites (tertiary alicyclic amines) is 1. The first-order chi connectivity index (χ1) is 11.7. The second-order valence-corrected chi connectivity index (χ2v) is 8.35. The van der Waals surface area contributed by atoms with Crippen LogP contribution < -0.4 is 5.32 Å². The maximum atomic E-state index is 13.5. The van der Waals surface area contributed by atoms with Gasteiger partial charge in [0.05, 0.1) is 11.1 Å². The number of nitrogens with zero attached hydrogens (tertiary/aromatic N) is 3. The zero-order chi connectivity index (χ0) is 16.3. The van der Waals surface area contributed by atoms with Crippen molar-refractivity contribution in [2.45, 2.75) is 38.1 Å². The van der Waals surface area contributed by atoms with Crippen molar-refractivity contribution in [3.05, 3.63) is 17.0 Å². The molecule has 2 N–H and O–H groups in total. The number of aromatic nitrogens is 2. The zero-order valence-corrected chi connectivity index (χ0v) is 14.5. The largest absolute Gasteiger partial charge is 0.337 e. The smallest absolute Gasteiger partial charge is 0.232 e. The van der Waals surface area contributed by atoms with E-state index in [0.29, 0.717) is 17.7 Å². The van der Waals surface area contributed by atoms with Gasteiger partial charge in [0.15, 0.2) is 0 Å². The summed E-state index contributed by atoms with van der Waals surface area (Å²) in [5.74, 6) is 1.46. The van der Waals surface area contributed by atoms with Crippen LogP contribution in [0.5, 0.6) is 0 Å². The molecule has 1 amide bonds. The molecular weight excluding hydrogens is 302 g/mol. The van der Waals surface area contributed by atoms with Gasteiger partial charge in [0.1, 0.15) is 0 Å². The van der Waals surface area contributed by atoms with Crippen molar-refractivity contribution in [2.75, 3.05) is 39.8 Å². The van der Waals surface area contributed by atoms with Gasteiger partial charge in [0.2, 0.25) is 5.91 Å². The summed E-state index contributed by atoms with van der Waals surface area (Å²) in [6, 6.07) is 0. The quantitative estimate of drug-likeness (QED) is 0.839. The average molecular weight is 329 g/mol. The number of nitrogens with one attached hydrogen (secondary N) is 2. The zero-order valence-electron chi connectivity index (χ0n) is 14.5. The Hall–Kier alpha value is -1.40. The van der Waals surface area contributed by atoms with E-state index in [1.54, 1.807) is 0 Å². The van der Waals surface area contributed by atoms with E-state index in [0.717, 1.165) is 45.7 Å². The molecule has 0 unspecified atom stereocenters. The molecule has 24 heavy (non-hydrogen) atoms. The highest BCUT2D eigenvalue weighted by Crippen LogP contribution is 2.42. The highest BCUT2D eigenvalue weighted by Gasteiger charge is 2.55. The fraction of sp³-hybridized carbons (Fsp3) is 0.778. The lowest BCUT2D eigenvalue weighted by Crippen LogP contribution is -2.50. The van der Waals surface area contributed by atoms with Gasteiger partial charge in [0, 0.05) is 68.8 Å². The maximum Gasteiger partial charge on any atom is 0.232 e. The van der Waals surface area contributed by atoms with Gasteiger partial charge in [-0.05, 0) is 19.9 Å². The molecule has 0 aromatic carbocycles. The molecule has 1 saturated carbocycles. The SMILES string of the molecule is CN1C[C@H]2CNC[C@@]2(C(=O)N2CCc3[nH]nc(C4CCC4)c3C2)C1. The van der Waals surface area contributed by atoms with Gasteiger partial charge in [-0.1, -0.05) is 6.42 Å². The van der Waals surface area contributed by atoms with Crippen LogP contribution in [0.15, 0.2) is 0 Å². The summed E-state index contributed by atoms with van der Waals surface area (Å²) >= 11 is 0. The van der Waals surface area contributed by atoms with E-state index in [4.69, 9.17) is 0 Å². The second kappa shape index (κ2) is 5.30. The Kier molecular flexibility index (Phi) is 3.29. The summed E-state index contributed by atoms with van der Waals surface area (Å²) in [5, 5.41) is 11.3. The van der Waals surface area contributed by atoms with Crippen LogP contribution in [0.2, 0.25) is 0 Å². The molecule has 5 rings (SSSR count). The second-order valence-electron chi connectivity index (χ2n) is 8.35. The van der Waals surface area contributed by atoms with Crippen molar-refractivity contribution in [1.82, 2.24) is 25.3 Å². The normalized spacial score (nSPS) is 33.4. The minimum Gasteiger partial charge on any atom is -0.337 e. The Labute approximate surface area is 143 Å². The van der Waals surface area contributed by atoms with Gasteiger partial charge in [-0.15, -0.1) is 0 Å². The maximum absolute atomic E-state index is 13.5. The van der Waals surface area contributed by atoms with Crippen LogP contribution in [0, 0.1) is 11.3 Å². The minimum atomic E-state index is -0.202. The molecule has 0 radical (unpaired) electrons. The molecule has 1 aromatic heterocycles. The number of hydrogen-bond acceptors (Lipinski definition) is 4. The predicted octanol–water partition coefficient (Wildman–Crippen LogP) is 0.713. The molecule has 6 heteroatoms. The first-order valence-electron chi connectivity index (χ1n) is 9.42. The number of amides is 1. The molecule has 0 bridgehead atoms. The van der Waals surface area contributed by atoms with Crippen LogP contribution >= 0.6 is 0 Å². The topological polar surface area (TPSA) is 64.3 Å². The van der Waals surface area contributed by atoms with Crippen molar-refractivity contribution >= 4 is 5.91 Å². The van der Waals surface area contributed by atoms with Crippen molar-refractivity contribution in [2.24, 2.45) is 11.3 Å². The Morgan fingerprint density at radius 1 is 1.38 bits per heavy atom. The molecule has 0 spiro atoms. The molecule has 4 aliphatic rings. The molecule has 1 aliphatic carbocycles. The van der Waals surface area contributed by atoms with Crippen molar-refractivity contribution in [3.8, 4) is 0 Å². The lowest BCUT2D eigenvalue weighted by atomic mass is 9.78. The monoisotopic (exact) mass is 329 g/mol. The summed E-state index contributed by atoms with van der Waals surface area (Å²) in [7, 11) is 2.15. The van der Waals surface area contributed by atoms with Crippen LogP contribution in [-0.2, 0) is 17.8 Å². The molecular formula is C18H27N5O. The number of carbonyl (C=O) groups is 1. The molecule has 3 fully saturated rings. The van der Waals surface area contributed by atoms with Crippen LogP contribution in [0.1, 0.15) is 42.1 Å². The van der Waals surface area contributed by atoms with Gasteiger partial charge in [-0.2, -0.15) is 5.10 Å². The summed E-state index contributed by atoms with van der Waals surface area (Å²) < 4.78 is 0. The Balaban J connectivity index is 1.40. The van der Waals surface area contributed by atoms with E-state index in [2.05, 4.69) is 32.4 Å². The van der Waals surface area contributed by atoms with Gasteiger partial charge < -0.3 is 15.1 Å². The lowest BCUT2D eigenvalue weighted by molar-refractivity contribution is -0.142. The van der Waals surface area contributed by atoms with Crippen LogP contribution in [0.3, 0.4) is 0 Å². The first kappa shape index (κ1) is 14.9. The molecule has 130 valence electrons.